The van der Waals surface area contributed by atoms with E-state index in [1.807, 2.05) is 0 Å². The molecule has 0 radical (unpaired) electrons. The van der Waals surface area contributed by atoms with Crippen molar-refractivity contribution in [3.63, 3.8) is 0 Å². The van der Waals surface area contributed by atoms with Crippen LogP contribution in [-0.2, 0) is 20.7 Å². The Bertz CT molecular complexity index is 437. The van der Waals surface area contributed by atoms with Crippen LogP contribution in [0.1, 0.15) is 19.4 Å². The first kappa shape index (κ1) is 15.0. The molecular formula is C13H14Cl2O3. The summed E-state index contributed by atoms with van der Waals surface area (Å²) in [6.07, 6.45) is 0.0263. The predicted molar refractivity (Wildman–Crippen MR) is 71.0 cm³/mol. The fourth-order valence-corrected chi connectivity index (χ4v) is 1.96. The topological polar surface area (TPSA) is 43.4 Å². The molecule has 0 saturated carbocycles. The van der Waals surface area contributed by atoms with Gasteiger partial charge < -0.3 is 4.74 Å². The lowest BCUT2D eigenvalue weighted by molar-refractivity contribution is -0.150. The molecule has 0 aromatic heterocycles. The first-order valence-electron chi connectivity index (χ1n) is 5.59. The third kappa shape index (κ3) is 3.72. The van der Waals surface area contributed by atoms with Gasteiger partial charge in [0.25, 0.3) is 0 Å². The van der Waals surface area contributed by atoms with E-state index >= 15 is 0 Å². The maximum Gasteiger partial charge on any atom is 0.316 e. The molecule has 0 amide bonds. The molecule has 0 fully saturated rings. The molecule has 0 saturated heterocycles. The first-order valence-corrected chi connectivity index (χ1v) is 6.35. The highest BCUT2D eigenvalue weighted by atomic mass is 35.5. The molecule has 1 aromatic carbocycles. The van der Waals surface area contributed by atoms with Gasteiger partial charge in [-0.05, 0) is 31.5 Å². The SMILES string of the molecule is CCOC(=O)C(C)C(=O)Cc1c(Cl)cccc1Cl. The number of hydrogen-bond acceptors (Lipinski definition) is 3. The highest BCUT2D eigenvalue weighted by molar-refractivity contribution is 6.36. The van der Waals surface area contributed by atoms with Crippen molar-refractivity contribution in [2.24, 2.45) is 5.92 Å². The number of rotatable bonds is 5. The van der Waals surface area contributed by atoms with Crippen molar-refractivity contribution in [1.82, 2.24) is 0 Å². The van der Waals surface area contributed by atoms with E-state index in [4.69, 9.17) is 27.9 Å². The van der Waals surface area contributed by atoms with Gasteiger partial charge in [-0.3, -0.25) is 9.59 Å². The molecule has 0 aliphatic rings. The molecule has 0 heterocycles. The molecule has 1 atom stereocenters. The maximum absolute atomic E-state index is 11.9. The van der Waals surface area contributed by atoms with Gasteiger partial charge in [-0.2, -0.15) is 0 Å². The number of Topliss-reactive ketones (excluding diaryl/α,β-unsaturated/α-hetero) is 1. The van der Waals surface area contributed by atoms with E-state index < -0.39 is 11.9 Å². The highest BCUT2D eigenvalue weighted by Gasteiger charge is 2.24. The van der Waals surface area contributed by atoms with Crippen molar-refractivity contribution in [3.05, 3.63) is 33.8 Å². The van der Waals surface area contributed by atoms with Gasteiger partial charge in [0.15, 0.2) is 5.78 Å². The van der Waals surface area contributed by atoms with Gasteiger partial charge in [0.05, 0.1) is 6.61 Å². The normalized spacial score (nSPS) is 12.0. The monoisotopic (exact) mass is 288 g/mol. The second kappa shape index (κ2) is 6.76. The van der Waals surface area contributed by atoms with E-state index in [9.17, 15) is 9.59 Å². The number of benzene rings is 1. The summed E-state index contributed by atoms with van der Waals surface area (Å²) in [6.45, 7) is 3.47. The number of halogens is 2. The van der Waals surface area contributed by atoms with Crippen LogP contribution < -0.4 is 0 Å². The summed E-state index contributed by atoms with van der Waals surface area (Å²) < 4.78 is 4.80. The average molecular weight is 289 g/mol. The van der Waals surface area contributed by atoms with Crippen LogP contribution in [0.4, 0.5) is 0 Å². The highest BCUT2D eigenvalue weighted by Crippen LogP contribution is 2.25. The smallest absolute Gasteiger partial charge is 0.316 e. The molecule has 1 aromatic rings. The van der Waals surface area contributed by atoms with Crippen molar-refractivity contribution in [2.45, 2.75) is 20.3 Å². The van der Waals surface area contributed by atoms with E-state index in [1.54, 1.807) is 25.1 Å². The molecule has 1 unspecified atom stereocenters. The summed E-state index contributed by atoms with van der Waals surface area (Å²) in [7, 11) is 0. The minimum atomic E-state index is -0.808. The Balaban J connectivity index is 2.79. The van der Waals surface area contributed by atoms with E-state index in [1.165, 1.54) is 6.92 Å². The number of carbonyl (C=O) groups excluding carboxylic acids is 2. The lowest BCUT2D eigenvalue weighted by Crippen LogP contribution is -2.25. The zero-order valence-electron chi connectivity index (χ0n) is 10.2. The second-order valence-electron chi connectivity index (χ2n) is 3.82. The summed E-state index contributed by atoms with van der Waals surface area (Å²) in [4.78, 5) is 23.4. The summed E-state index contributed by atoms with van der Waals surface area (Å²) >= 11 is 11.9. The quantitative estimate of drug-likeness (QED) is 0.617. The molecule has 1 rings (SSSR count). The molecule has 0 aliphatic heterocycles. The lowest BCUT2D eigenvalue weighted by Gasteiger charge is -2.11. The Morgan fingerprint density at radius 3 is 2.33 bits per heavy atom. The summed E-state index contributed by atoms with van der Waals surface area (Å²) in [5.41, 5.74) is 0.544. The van der Waals surface area contributed by atoms with E-state index in [0.717, 1.165) is 0 Å². The number of ketones is 1. The Kier molecular flexibility index (Phi) is 5.63. The van der Waals surface area contributed by atoms with Crippen LogP contribution in [-0.4, -0.2) is 18.4 Å². The largest absolute Gasteiger partial charge is 0.465 e. The lowest BCUT2D eigenvalue weighted by atomic mass is 9.99. The average Bonchev–Trinajstić information content (AvgIpc) is 2.33. The maximum atomic E-state index is 11.9. The van der Waals surface area contributed by atoms with Crippen molar-refractivity contribution in [1.29, 1.82) is 0 Å². The predicted octanol–water partition coefficient (Wildman–Crippen LogP) is 3.30. The summed E-state index contributed by atoms with van der Waals surface area (Å²) in [6, 6.07) is 5.02. The van der Waals surface area contributed by atoms with Gasteiger partial charge in [0, 0.05) is 16.5 Å². The van der Waals surface area contributed by atoms with Crippen LogP contribution in [0.5, 0.6) is 0 Å². The van der Waals surface area contributed by atoms with Crippen LogP contribution in [0, 0.1) is 5.92 Å². The fraction of sp³-hybridized carbons (Fsp3) is 0.385. The second-order valence-corrected chi connectivity index (χ2v) is 4.63. The Labute approximate surface area is 116 Å². The van der Waals surface area contributed by atoms with Crippen molar-refractivity contribution in [3.8, 4) is 0 Å². The van der Waals surface area contributed by atoms with Crippen LogP contribution in [0.15, 0.2) is 18.2 Å². The number of esters is 1. The number of ether oxygens (including phenoxy) is 1. The van der Waals surface area contributed by atoms with Crippen molar-refractivity contribution >= 4 is 35.0 Å². The first-order chi connectivity index (χ1) is 8.47. The Morgan fingerprint density at radius 2 is 1.83 bits per heavy atom. The molecule has 5 heteroatoms. The van der Waals surface area contributed by atoms with Crippen LogP contribution >= 0.6 is 23.2 Å². The molecule has 3 nitrogen and oxygen atoms in total. The molecule has 0 aliphatic carbocycles. The number of carbonyl (C=O) groups is 2. The van der Waals surface area contributed by atoms with Gasteiger partial charge in [0.2, 0.25) is 0 Å². The molecule has 0 bridgehead atoms. The van der Waals surface area contributed by atoms with Crippen LogP contribution in [0.25, 0.3) is 0 Å². The number of hydrogen-bond donors (Lipinski definition) is 0. The summed E-state index contributed by atoms with van der Waals surface area (Å²) in [5.74, 6) is -1.59. The van der Waals surface area contributed by atoms with Gasteiger partial charge in [-0.15, -0.1) is 0 Å². The molecule has 0 N–H and O–H groups in total. The van der Waals surface area contributed by atoms with Crippen LogP contribution in [0.2, 0.25) is 10.0 Å². The van der Waals surface area contributed by atoms with Gasteiger partial charge in [-0.25, -0.2) is 0 Å². The van der Waals surface area contributed by atoms with E-state index in [0.29, 0.717) is 15.6 Å². The third-order valence-electron chi connectivity index (χ3n) is 2.54. The molecule has 18 heavy (non-hydrogen) atoms. The van der Waals surface area contributed by atoms with E-state index in [2.05, 4.69) is 0 Å². The van der Waals surface area contributed by atoms with E-state index in [-0.39, 0.29) is 18.8 Å². The standard InChI is InChI=1S/C13H14Cl2O3/c1-3-18-13(17)8(2)12(16)7-9-10(14)5-4-6-11(9)15/h4-6,8H,3,7H2,1-2H3. The fourth-order valence-electron chi connectivity index (χ4n) is 1.43. The zero-order chi connectivity index (χ0) is 13.7. The van der Waals surface area contributed by atoms with Gasteiger partial charge in [0.1, 0.15) is 5.92 Å². The van der Waals surface area contributed by atoms with Crippen molar-refractivity contribution < 1.29 is 14.3 Å². The van der Waals surface area contributed by atoms with Gasteiger partial charge >= 0.3 is 5.97 Å². The molecule has 0 spiro atoms. The zero-order valence-corrected chi connectivity index (χ0v) is 11.7. The third-order valence-corrected chi connectivity index (χ3v) is 3.24. The molecular weight excluding hydrogens is 275 g/mol. The Hall–Kier alpha value is -1.06. The summed E-state index contributed by atoms with van der Waals surface area (Å²) in [5, 5.41) is 0.846. The van der Waals surface area contributed by atoms with Gasteiger partial charge in [-0.1, -0.05) is 29.3 Å². The van der Waals surface area contributed by atoms with Crippen LogP contribution in [0.3, 0.4) is 0 Å². The van der Waals surface area contributed by atoms with Crippen molar-refractivity contribution in [2.75, 3.05) is 6.61 Å². The Morgan fingerprint density at radius 1 is 1.28 bits per heavy atom. The minimum Gasteiger partial charge on any atom is -0.465 e. The minimum absolute atomic E-state index is 0.0263. The molecule has 98 valence electrons.